The van der Waals surface area contributed by atoms with Gasteiger partial charge in [-0.05, 0) is 24.1 Å². The van der Waals surface area contributed by atoms with Crippen molar-refractivity contribution in [3.8, 4) is 5.75 Å². The molecule has 238 valence electrons. The molecule has 1 aromatic carbocycles. The quantitative estimate of drug-likeness (QED) is 0.123. The van der Waals surface area contributed by atoms with Gasteiger partial charge in [0.1, 0.15) is 83.9 Å². The maximum Gasteiger partial charge on any atom is 0.208 e. The van der Waals surface area contributed by atoms with Crippen LogP contribution in [0.4, 0.5) is 0 Å². The van der Waals surface area contributed by atoms with Crippen LogP contribution in [0.3, 0.4) is 0 Å². The number of carbonyl (C=O) groups is 2. The molecule has 0 aromatic heterocycles. The highest BCUT2D eigenvalue weighted by Gasteiger charge is 2.62. The van der Waals surface area contributed by atoms with Crippen molar-refractivity contribution in [1.29, 1.82) is 0 Å². The molecule has 11 atom stereocenters. The van der Waals surface area contributed by atoms with Gasteiger partial charge in [-0.2, -0.15) is 0 Å². The number of aliphatic hydroxyl groups excluding tert-OH is 10. The number of rotatable bonds is 8. The summed E-state index contributed by atoms with van der Waals surface area (Å²) >= 11 is 0. The summed E-state index contributed by atoms with van der Waals surface area (Å²) in [5, 5.41) is 125. The van der Waals surface area contributed by atoms with Gasteiger partial charge in [0, 0.05) is 6.42 Å². The van der Waals surface area contributed by atoms with E-state index in [1.165, 1.54) is 24.3 Å². The third-order valence-electron chi connectivity index (χ3n) is 8.02. The van der Waals surface area contributed by atoms with Gasteiger partial charge in [-0.1, -0.05) is 12.1 Å². The van der Waals surface area contributed by atoms with E-state index in [2.05, 4.69) is 0 Å². The SMILES string of the molecule is O=C(CCc1ccc(O)cc1)C1=C(O)C(O)(C2OC(CO)[C@@H](O)[C@H](O)[C@H]2O)C(O)=C(C2OC(CO)[C@@H](O)[C@H](O)[C@H]2O)C1=O. The number of benzene rings is 1. The molecule has 0 spiro atoms. The van der Waals surface area contributed by atoms with Crippen LogP contribution in [0.2, 0.25) is 0 Å². The zero-order chi connectivity index (χ0) is 32.0. The molecule has 0 bridgehead atoms. The highest BCUT2D eigenvalue weighted by atomic mass is 16.6. The normalized spacial score (nSPS) is 38.9. The number of phenolic OH excluding ortho intramolecular Hbond substituents is 1. The Morgan fingerprint density at radius 3 is 1.84 bits per heavy atom. The Bertz CT molecular complexity index is 1270. The fourth-order valence-electron chi connectivity index (χ4n) is 5.48. The van der Waals surface area contributed by atoms with Crippen molar-refractivity contribution in [1.82, 2.24) is 0 Å². The molecule has 0 amide bonds. The first-order valence-electron chi connectivity index (χ1n) is 13.3. The van der Waals surface area contributed by atoms with E-state index in [4.69, 9.17) is 9.47 Å². The van der Waals surface area contributed by atoms with Crippen LogP contribution < -0.4 is 0 Å². The van der Waals surface area contributed by atoms with Crippen LogP contribution in [0.5, 0.6) is 5.75 Å². The molecule has 2 fully saturated rings. The zero-order valence-corrected chi connectivity index (χ0v) is 22.4. The summed E-state index contributed by atoms with van der Waals surface area (Å²) < 4.78 is 10.7. The smallest absolute Gasteiger partial charge is 0.208 e. The number of ether oxygens (including phenoxy) is 2. The summed E-state index contributed by atoms with van der Waals surface area (Å²) in [6.07, 6.45) is -21.0. The lowest BCUT2D eigenvalue weighted by Crippen LogP contribution is -2.67. The second-order valence-electron chi connectivity index (χ2n) is 10.7. The molecule has 5 unspecified atom stereocenters. The summed E-state index contributed by atoms with van der Waals surface area (Å²) in [5.74, 6) is -5.79. The first-order valence-corrected chi connectivity index (χ1v) is 13.3. The average molecular weight is 615 g/mol. The Balaban J connectivity index is 1.85. The van der Waals surface area contributed by atoms with Gasteiger partial charge in [0.15, 0.2) is 5.78 Å². The monoisotopic (exact) mass is 614 g/mol. The van der Waals surface area contributed by atoms with Crippen molar-refractivity contribution in [2.24, 2.45) is 0 Å². The van der Waals surface area contributed by atoms with Crippen LogP contribution in [0.15, 0.2) is 46.9 Å². The molecule has 0 saturated carbocycles. The predicted molar refractivity (Wildman–Crippen MR) is 138 cm³/mol. The molecule has 43 heavy (non-hydrogen) atoms. The van der Waals surface area contributed by atoms with Crippen molar-refractivity contribution in [2.45, 2.75) is 79.5 Å². The van der Waals surface area contributed by atoms with Crippen molar-refractivity contribution in [2.75, 3.05) is 13.2 Å². The Labute approximate surface area is 243 Å². The molecular weight excluding hydrogens is 580 g/mol. The molecular formula is C27H34O16. The molecule has 12 N–H and O–H groups in total. The molecule has 2 aliphatic heterocycles. The van der Waals surface area contributed by atoms with Crippen LogP contribution >= 0.6 is 0 Å². The van der Waals surface area contributed by atoms with Gasteiger partial charge in [0.05, 0.1) is 18.8 Å². The van der Waals surface area contributed by atoms with E-state index in [1.807, 2.05) is 0 Å². The molecule has 16 heteroatoms. The standard InChI is InChI=1S/C27H34O16/c28-7-12-16(32)19(35)21(37)23(42-12)15-18(34)14(11(31)6-3-9-1-4-10(30)5-2-9)24(39)27(41,25(15)40)26-22(38)20(36)17(33)13(8-29)43-26/h1-2,4-5,12-13,16-17,19-23,26,28-30,32-33,35-41H,3,6-8H2/t12?,13?,16-,17-,19+,20+,21-,22-,23?,26?,27?/m1/s1. The van der Waals surface area contributed by atoms with Gasteiger partial charge in [0.2, 0.25) is 11.4 Å². The number of hydrogen-bond donors (Lipinski definition) is 12. The van der Waals surface area contributed by atoms with E-state index in [1.54, 1.807) is 0 Å². The first-order chi connectivity index (χ1) is 20.2. The van der Waals surface area contributed by atoms with E-state index >= 15 is 0 Å². The number of aryl methyl sites for hydroxylation is 1. The highest BCUT2D eigenvalue weighted by molar-refractivity contribution is 6.28. The maximum absolute atomic E-state index is 13.7. The largest absolute Gasteiger partial charge is 0.508 e. The van der Waals surface area contributed by atoms with Crippen LogP contribution in [0, 0.1) is 0 Å². The van der Waals surface area contributed by atoms with E-state index < -0.39 is 121 Å². The van der Waals surface area contributed by atoms with E-state index in [9.17, 15) is 70.9 Å². The molecule has 16 nitrogen and oxygen atoms in total. The number of ketones is 2. The fraction of sp³-hybridized carbons (Fsp3) is 0.556. The number of aromatic hydroxyl groups is 1. The van der Waals surface area contributed by atoms with Gasteiger partial charge in [0.25, 0.3) is 0 Å². The molecule has 0 radical (unpaired) electrons. The van der Waals surface area contributed by atoms with Gasteiger partial charge in [-0.15, -0.1) is 0 Å². The van der Waals surface area contributed by atoms with Gasteiger partial charge < -0.3 is 70.8 Å². The zero-order valence-electron chi connectivity index (χ0n) is 22.4. The average Bonchev–Trinajstić information content (AvgIpc) is 2.98. The Hall–Kier alpha value is -3.00. The third kappa shape index (κ3) is 5.56. The Morgan fingerprint density at radius 1 is 0.744 bits per heavy atom. The fourth-order valence-corrected chi connectivity index (χ4v) is 5.48. The Kier molecular flexibility index (Phi) is 9.60. The van der Waals surface area contributed by atoms with Gasteiger partial charge in [-0.25, -0.2) is 0 Å². The topological polar surface area (TPSA) is 295 Å². The van der Waals surface area contributed by atoms with E-state index in [0.717, 1.165) is 0 Å². The van der Waals surface area contributed by atoms with Crippen LogP contribution in [-0.4, -0.2) is 153 Å². The minimum atomic E-state index is -3.46. The molecule has 1 aromatic rings. The van der Waals surface area contributed by atoms with Gasteiger partial charge >= 0.3 is 0 Å². The summed E-state index contributed by atoms with van der Waals surface area (Å²) in [6, 6.07) is 5.60. The summed E-state index contributed by atoms with van der Waals surface area (Å²) in [6.45, 7) is -1.95. The van der Waals surface area contributed by atoms with E-state index in [0.29, 0.717) is 5.56 Å². The summed E-state index contributed by atoms with van der Waals surface area (Å²) in [5.41, 5.74) is -5.24. The van der Waals surface area contributed by atoms with Crippen molar-refractivity contribution in [3.05, 3.63) is 52.5 Å². The number of allylic oxidation sites excluding steroid dienone is 1. The summed E-state index contributed by atoms with van der Waals surface area (Å²) in [7, 11) is 0. The number of phenols is 1. The molecule has 4 rings (SSSR count). The number of Topliss-reactive ketones (excluding diaryl/α,β-unsaturated/α-hetero) is 2. The number of carbonyl (C=O) groups excluding carboxylic acids is 2. The lowest BCUT2D eigenvalue weighted by molar-refractivity contribution is -0.266. The van der Waals surface area contributed by atoms with E-state index in [-0.39, 0.29) is 12.2 Å². The second-order valence-corrected chi connectivity index (χ2v) is 10.7. The highest BCUT2D eigenvalue weighted by Crippen LogP contribution is 2.44. The second kappa shape index (κ2) is 12.5. The van der Waals surface area contributed by atoms with Crippen LogP contribution in [-0.2, 0) is 25.5 Å². The van der Waals surface area contributed by atoms with Crippen molar-refractivity contribution < 1.29 is 80.3 Å². The van der Waals surface area contributed by atoms with Gasteiger partial charge in [-0.3, -0.25) is 9.59 Å². The minimum absolute atomic E-state index is 0.0627. The summed E-state index contributed by atoms with van der Waals surface area (Å²) in [4.78, 5) is 27.2. The van der Waals surface area contributed by atoms with Crippen molar-refractivity contribution in [3.63, 3.8) is 0 Å². The molecule has 3 aliphatic rings. The predicted octanol–water partition coefficient (Wildman–Crippen LogP) is -4.48. The molecule has 2 saturated heterocycles. The third-order valence-corrected chi connectivity index (χ3v) is 8.02. The van der Waals surface area contributed by atoms with Crippen LogP contribution in [0.25, 0.3) is 0 Å². The minimum Gasteiger partial charge on any atom is -0.508 e. The maximum atomic E-state index is 13.7. The Morgan fingerprint density at radius 2 is 1.28 bits per heavy atom. The number of aliphatic hydroxyl groups is 11. The number of hydrogen-bond acceptors (Lipinski definition) is 16. The molecule has 1 aliphatic carbocycles. The van der Waals surface area contributed by atoms with Crippen LogP contribution in [0.1, 0.15) is 12.0 Å². The first kappa shape index (κ1) is 32.9. The lowest BCUT2D eigenvalue weighted by atomic mass is 9.72. The lowest BCUT2D eigenvalue weighted by Gasteiger charge is -2.48. The van der Waals surface area contributed by atoms with Crippen molar-refractivity contribution >= 4 is 11.6 Å². The molecule has 2 heterocycles.